The van der Waals surface area contributed by atoms with E-state index in [9.17, 15) is 0 Å². The molecule has 3 nitrogen and oxygen atoms in total. The van der Waals surface area contributed by atoms with Gasteiger partial charge in [0, 0.05) is 47.4 Å². The molecule has 1 saturated heterocycles. The maximum Gasteiger partial charge on any atom is 0.0767 e. The Bertz CT molecular complexity index is 624. The molecule has 1 aliphatic rings. The minimum atomic E-state index is 0.343. The Morgan fingerprint density at radius 2 is 2.20 bits per heavy atom. The highest BCUT2D eigenvalue weighted by Gasteiger charge is 2.27. The van der Waals surface area contributed by atoms with E-state index in [0.29, 0.717) is 4.75 Å². The first-order valence-corrected chi connectivity index (χ1v) is 8.02. The Kier molecular flexibility index (Phi) is 3.61. The number of thioether (sulfide) groups is 1. The Morgan fingerprint density at radius 1 is 1.35 bits per heavy atom. The van der Waals surface area contributed by atoms with Gasteiger partial charge in [0.05, 0.1) is 5.52 Å². The molecule has 0 radical (unpaired) electrons. The molecule has 1 aliphatic heterocycles. The Balaban J connectivity index is 1.90. The molecule has 1 aromatic carbocycles. The molecule has 2 heterocycles. The maximum atomic E-state index is 6.04. The van der Waals surface area contributed by atoms with Crippen molar-refractivity contribution in [3.63, 3.8) is 0 Å². The number of rotatable bonds is 2. The lowest BCUT2D eigenvalue weighted by Crippen LogP contribution is -2.42. The standard InChI is InChI=1S/C16H21N3S/c1-16(2)11-19(8-9-20-16)10-12-5-6-14(17)13-4-3-7-18-15(12)13/h3-7H,8-11,17H2,1-2H3. The number of anilines is 1. The highest BCUT2D eigenvalue weighted by molar-refractivity contribution is 8.00. The third-order valence-corrected chi connectivity index (χ3v) is 5.08. The maximum absolute atomic E-state index is 6.04. The molecule has 4 heteroatoms. The van der Waals surface area contributed by atoms with Gasteiger partial charge in [0.2, 0.25) is 0 Å². The zero-order chi connectivity index (χ0) is 14.2. The molecular weight excluding hydrogens is 266 g/mol. The van der Waals surface area contributed by atoms with Crippen molar-refractivity contribution in [3.8, 4) is 0 Å². The number of fused-ring (bicyclic) bond motifs is 1. The quantitative estimate of drug-likeness (QED) is 0.862. The summed E-state index contributed by atoms with van der Waals surface area (Å²) in [6.45, 7) is 7.87. The zero-order valence-electron chi connectivity index (χ0n) is 12.1. The summed E-state index contributed by atoms with van der Waals surface area (Å²) in [5.41, 5.74) is 9.18. The molecule has 0 amide bonds. The third-order valence-electron chi connectivity index (χ3n) is 3.79. The summed E-state index contributed by atoms with van der Waals surface area (Å²) in [4.78, 5) is 7.06. The van der Waals surface area contributed by atoms with Crippen LogP contribution in [0, 0.1) is 0 Å². The first-order chi connectivity index (χ1) is 9.55. The molecule has 0 aliphatic carbocycles. The molecule has 0 atom stereocenters. The van der Waals surface area contributed by atoms with Crippen LogP contribution in [0.25, 0.3) is 10.9 Å². The molecular formula is C16H21N3S. The monoisotopic (exact) mass is 287 g/mol. The van der Waals surface area contributed by atoms with Gasteiger partial charge in [-0.15, -0.1) is 0 Å². The molecule has 0 spiro atoms. The largest absolute Gasteiger partial charge is 0.398 e. The van der Waals surface area contributed by atoms with Gasteiger partial charge in [-0.2, -0.15) is 11.8 Å². The van der Waals surface area contributed by atoms with E-state index in [2.05, 4.69) is 47.6 Å². The molecule has 0 unspecified atom stereocenters. The zero-order valence-corrected chi connectivity index (χ0v) is 12.9. The summed E-state index contributed by atoms with van der Waals surface area (Å²) in [6, 6.07) is 8.13. The normalized spacial score (nSPS) is 19.3. The number of nitrogens with zero attached hydrogens (tertiary/aromatic N) is 2. The predicted molar refractivity (Wildman–Crippen MR) is 88.0 cm³/mol. The number of hydrogen-bond acceptors (Lipinski definition) is 4. The molecule has 2 aromatic rings. The van der Waals surface area contributed by atoms with E-state index < -0.39 is 0 Å². The molecule has 0 bridgehead atoms. The number of hydrogen-bond donors (Lipinski definition) is 1. The minimum Gasteiger partial charge on any atom is -0.398 e. The van der Waals surface area contributed by atoms with Crippen LogP contribution in [0.2, 0.25) is 0 Å². The van der Waals surface area contributed by atoms with E-state index in [1.165, 1.54) is 11.3 Å². The molecule has 0 saturated carbocycles. The van der Waals surface area contributed by atoms with Crippen LogP contribution in [0.3, 0.4) is 0 Å². The molecule has 2 N–H and O–H groups in total. The van der Waals surface area contributed by atoms with Crippen LogP contribution < -0.4 is 5.73 Å². The van der Waals surface area contributed by atoms with Gasteiger partial charge in [-0.05, 0) is 37.6 Å². The molecule has 20 heavy (non-hydrogen) atoms. The number of benzene rings is 1. The Hall–Kier alpha value is -1.26. The van der Waals surface area contributed by atoms with Crippen molar-refractivity contribution in [2.24, 2.45) is 0 Å². The van der Waals surface area contributed by atoms with E-state index in [-0.39, 0.29) is 0 Å². The smallest absolute Gasteiger partial charge is 0.0767 e. The van der Waals surface area contributed by atoms with Crippen molar-refractivity contribution < 1.29 is 0 Å². The van der Waals surface area contributed by atoms with Gasteiger partial charge >= 0.3 is 0 Å². The van der Waals surface area contributed by atoms with E-state index in [1.54, 1.807) is 0 Å². The molecule has 106 valence electrons. The van der Waals surface area contributed by atoms with Crippen molar-refractivity contribution in [1.82, 2.24) is 9.88 Å². The fraction of sp³-hybridized carbons (Fsp3) is 0.438. The highest BCUT2D eigenvalue weighted by Crippen LogP contribution is 2.31. The number of nitrogens with two attached hydrogens (primary N) is 1. The Labute approximate surface area is 124 Å². The van der Waals surface area contributed by atoms with Crippen molar-refractivity contribution >= 4 is 28.4 Å². The fourth-order valence-electron chi connectivity index (χ4n) is 2.87. The summed E-state index contributed by atoms with van der Waals surface area (Å²) in [7, 11) is 0. The van der Waals surface area contributed by atoms with Gasteiger partial charge in [-0.1, -0.05) is 6.07 Å². The van der Waals surface area contributed by atoms with E-state index in [1.807, 2.05) is 18.3 Å². The topological polar surface area (TPSA) is 42.1 Å². The van der Waals surface area contributed by atoms with Crippen LogP contribution >= 0.6 is 11.8 Å². The average Bonchev–Trinajstić information content (AvgIpc) is 2.41. The first kappa shape index (κ1) is 13.7. The lowest BCUT2D eigenvalue weighted by atomic mass is 10.1. The fourth-order valence-corrected chi connectivity index (χ4v) is 4.05. The van der Waals surface area contributed by atoms with Gasteiger partial charge in [-0.25, -0.2) is 0 Å². The summed E-state index contributed by atoms with van der Waals surface area (Å²) < 4.78 is 0.343. The first-order valence-electron chi connectivity index (χ1n) is 7.04. The predicted octanol–water partition coefficient (Wildman–Crippen LogP) is 3.14. The molecule has 1 fully saturated rings. The van der Waals surface area contributed by atoms with E-state index in [4.69, 9.17) is 5.73 Å². The lowest BCUT2D eigenvalue weighted by molar-refractivity contribution is 0.253. The van der Waals surface area contributed by atoms with Crippen molar-refractivity contribution in [2.45, 2.75) is 25.1 Å². The van der Waals surface area contributed by atoms with Gasteiger partial charge in [-0.3, -0.25) is 9.88 Å². The summed E-state index contributed by atoms with van der Waals surface area (Å²) >= 11 is 2.06. The van der Waals surface area contributed by atoms with Crippen molar-refractivity contribution in [3.05, 3.63) is 36.0 Å². The second-order valence-corrected chi connectivity index (χ2v) is 7.83. The molecule has 3 rings (SSSR count). The summed E-state index contributed by atoms with van der Waals surface area (Å²) in [6.07, 6.45) is 1.85. The lowest BCUT2D eigenvalue weighted by Gasteiger charge is -2.37. The van der Waals surface area contributed by atoms with E-state index in [0.717, 1.165) is 36.2 Å². The van der Waals surface area contributed by atoms with Gasteiger partial charge in [0.1, 0.15) is 0 Å². The SMILES string of the molecule is CC1(C)CN(Cc2ccc(N)c3cccnc23)CCS1. The van der Waals surface area contributed by atoms with Crippen LogP contribution in [0.15, 0.2) is 30.5 Å². The second kappa shape index (κ2) is 5.26. The minimum absolute atomic E-state index is 0.343. The van der Waals surface area contributed by atoms with Crippen molar-refractivity contribution in [2.75, 3.05) is 24.6 Å². The van der Waals surface area contributed by atoms with Crippen LogP contribution in [0.1, 0.15) is 19.4 Å². The van der Waals surface area contributed by atoms with Gasteiger partial charge in [0.15, 0.2) is 0 Å². The second-order valence-electron chi connectivity index (χ2n) is 6.03. The van der Waals surface area contributed by atoms with E-state index >= 15 is 0 Å². The Morgan fingerprint density at radius 3 is 3.00 bits per heavy atom. The third kappa shape index (κ3) is 2.76. The number of aromatic nitrogens is 1. The number of nitrogen functional groups attached to an aromatic ring is 1. The van der Waals surface area contributed by atoms with Crippen LogP contribution in [0.5, 0.6) is 0 Å². The summed E-state index contributed by atoms with van der Waals surface area (Å²) in [5.74, 6) is 1.20. The van der Waals surface area contributed by atoms with Gasteiger partial charge in [0.25, 0.3) is 0 Å². The number of pyridine rings is 1. The van der Waals surface area contributed by atoms with Gasteiger partial charge < -0.3 is 5.73 Å². The molecule has 1 aromatic heterocycles. The highest BCUT2D eigenvalue weighted by atomic mass is 32.2. The van der Waals surface area contributed by atoms with Crippen molar-refractivity contribution in [1.29, 1.82) is 0 Å². The summed E-state index contributed by atoms with van der Waals surface area (Å²) in [5, 5.41) is 1.07. The average molecular weight is 287 g/mol. The van der Waals surface area contributed by atoms with Crippen LogP contribution in [-0.4, -0.2) is 33.5 Å². The van der Waals surface area contributed by atoms with Crippen LogP contribution in [0.4, 0.5) is 5.69 Å². The van der Waals surface area contributed by atoms with Crippen LogP contribution in [-0.2, 0) is 6.54 Å².